The van der Waals surface area contributed by atoms with Gasteiger partial charge in [0.2, 0.25) is 0 Å². The number of hydrogen-bond donors (Lipinski definition) is 1. The molecule has 0 bridgehead atoms. The molecule has 2 heterocycles. The first-order valence-corrected chi connectivity index (χ1v) is 5.71. The zero-order chi connectivity index (χ0) is 13.2. The van der Waals surface area contributed by atoms with E-state index in [0.717, 1.165) is 0 Å². The van der Waals surface area contributed by atoms with Gasteiger partial charge in [-0.1, -0.05) is 6.07 Å². The molecule has 3 aromatic rings. The molecule has 2 aromatic heterocycles. The van der Waals surface area contributed by atoms with Gasteiger partial charge in [-0.2, -0.15) is 5.10 Å². The Hall–Kier alpha value is -2.50. The van der Waals surface area contributed by atoms with E-state index in [9.17, 15) is 8.78 Å². The fourth-order valence-corrected chi connectivity index (χ4v) is 1.79. The highest BCUT2D eigenvalue weighted by Gasteiger charge is 2.08. The molecule has 0 saturated heterocycles. The van der Waals surface area contributed by atoms with E-state index in [1.807, 2.05) is 0 Å². The van der Waals surface area contributed by atoms with Gasteiger partial charge in [0.15, 0.2) is 5.65 Å². The van der Waals surface area contributed by atoms with Crippen LogP contribution in [-0.4, -0.2) is 14.6 Å². The summed E-state index contributed by atoms with van der Waals surface area (Å²) in [7, 11) is 0. The van der Waals surface area contributed by atoms with Gasteiger partial charge >= 0.3 is 0 Å². The van der Waals surface area contributed by atoms with Gasteiger partial charge in [0.25, 0.3) is 0 Å². The van der Waals surface area contributed by atoms with E-state index in [4.69, 9.17) is 0 Å². The maximum Gasteiger partial charge on any atom is 0.157 e. The van der Waals surface area contributed by atoms with Gasteiger partial charge in [0.05, 0.1) is 6.20 Å². The molecule has 1 N–H and O–H groups in total. The highest BCUT2D eigenvalue weighted by molar-refractivity contribution is 5.45. The highest BCUT2D eigenvalue weighted by atomic mass is 19.1. The van der Waals surface area contributed by atoms with Crippen molar-refractivity contribution in [2.75, 3.05) is 5.32 Å². The van der Waals surface area contributed by atoms with Crippen LogP contribution >= 0.6 is 0 Å². The number of rotatable bonds is 3. The largest absolute Gasteiger partial charge is 0.366 e. The van der Waals surface area contributed by atoms with Crippen molar-refractivity contribution in [2.24, 2.45) is 0 Å². The van der Waals surface area contributed by atoms with Crippen LogP contribution in [0.4, 0.5) is 14.6 Å². The topological polar surface area (TPSA) is 42.2 Å². The third kappa shape index (κ3) is 2.24. The van der Waals surface area contributed by atoms with E-state index in [0.29, 0.717) is 11.5 Å². The molecule has 0 fully saturated rings. The predicted molar refractivity (Wildman–Crippen MR) is 66.7 cm³/mol. The molecule has 0 atom stereocenters. The van der Waals surface area contributed by atoms with Crippen LogP contribution in [0.25, 0.3) is 5.65 Å². The number of anilines is 1. The first-order valence-electron chi connectivity index (χ1n) is 5.71. The van der Waals surface area contributed by atoms with Gasteiger partial charge < -0.3 is 5.32 Å². The van der Waals surface area contributed by atoms with Gasteiger partial charge in [0, 0.05) is 24.4 Å². The normalized spacial score (nSPS) is 10.8. The monoisotopic (exact) mass is 260 g/mol. The van der Waals surface area contributed by atoms with Crippen molar-refractivity contribution in [1.82, 2.24) is 14.6 Å². The lowest BCUT2D eigenvalue weighted by Gasteiger charge is -2.07. The lowest BCUT2D eigenvalue weighted by atomic mass is 10.2. The fourth-order valence-electron chi connectivity index (χ4n) is 1.79. The summed E-state index contributed by atoms with van der Waals surface area (Å²) in [6.45, 7) is 0.0375. The molecular formula is C13H10F2N4. The maximum atomic E-state index is 13.4. The molecule has 0 aliphatic carbocycles. The SMILES string of the molecule is Fc1cccc(F)c1CNc1ccn2nccc2n1. The van der Waals surface area contributed by atoms with E-state index < -0.39 is 11.6 Å². The summed E-state index contributed by atoms with van der Waals surface area (Å²) in [5.74, 6) is -0.605. The molecule has 3 rings (SSSR count). The molecule has 96 valence electrons. The Morgan fingerprint density at radius 3 is 2.68 bits per heavy atom. The number of hydrogen-bond acceptors (Lipinski definition) is 3. The third-order valence-corrected chi connectivity index (χ3v) is 2.77. The molecule has 1 aromatic carbocycles. The molecule has 0 radical (unpaired) electrons. The Labute approximate surface area is 107 Å². The fraction of sp³-hybridized carbons (Fsp3) is 0.0769. The van der Waals surface area contributed by atoms with Crippen molar-refractivity contribution in [2.45, 2.75) is 6.54 Å². The lowest BCUT2D eigenvalue weighted by molar-refractivity contribution is 0.560. The maximum absolute atomic E-state index is 13.4. The van der Waals surface area contributed by atoms with Gasteiger partial charge in [-0.15, -0.1) is 0 Å². The predicted octanol–water partition coefficient (Wildman–Crippen LogP) is 2.62. The van der Waals surface area contributed by atoms with E-state index in [1.54, 1.807) is 29.0 Å². The minimum Gasteiger partial charge on any atom is -0.366 e. The van der Waals surface area contributed by atoms with Crippen LogP contribution in [0.3, 0.4) is 0 Å². The molecular weight excluding hydrogens is 250 g/mol. The smallest absolute Gasteiger partial charge is 0.157 e. The van der Waals surface area contributed by atoms with E-state index in [1.165, 1.54) is 18.2 Å². The molecule has 0 aliphatic rings. The first-order chi connectivity index (χ1) is 9.24. The summed E-state index contributed by atoms with van der Waals surface area (Å²) in [4.78, 5) is 4.25. The Bertz CT molecular complexity index is 703. The Morgan fingerprint density at radius 2 is 1.89 bits per heavy atom. The average Bonchev–Trinajstić information content (AvgIpc) is 2.85. The van der Waals surface area contributed by atoms with Crippen molar-refractivity contribution < 1.29 is 8.78 Å². The van der Waals surface area contributed by atoms with Gasteiger partial charge in [-0.05, 0) is 18.2 Å². The summed E-state index contributed by atoms with van der Waals surface area (Å²) in [6.07, 6.45) is 3.35. The summed E-state index contributed by atoms with van der Waals surface area (Å²) < 4.78 is 28.5. The van der Waals surface area contributed by atoms with Crippen molar-refractivity contribution in [1.29, 1.82) is 0 Å². The van der Waals surface area contributed by atoms with Crippen LogP contribution in [0.15, 0.2) is 42.7 Å². The first kappa shape index (κ1) is 11.6. The Morgan fingerprint density at radius 1 is 1.11 bits per heavy atom. The van der Waals surface area contributed by atoms with Crippen LogP contribution in [0.5, 0.6) is 0 Å². The standard InChI is InChI=1S/C13H10F2N4/c14-10-2-1-3-11(15)9(10)8-16-12-5-7-19-13(18-12)4-6-17-19/h1-7H,8H2,(H,16,18). The summed E-state index contributed by atoms with van der Waals surface area (Å²) in [6, 6.07) is 7.24. The summed E-state index contributed by atoms with van der Waals surface area (Å²) in [5, 5.41) is 6.91. The molecule has 4 nitrogen and oxygen atoms in total. The quantitative estimate of drug-likeness (QED) is 0.787. The number of halogens is 2. The second kappa shape index (κ2) is 4.64. The van der Waals surface area contributed by atoms with Crippen LogP contribution in [-0.2, 0) is 6.54 Å². The molecule has 0 saturated carbocycles. The van der Waals surface area contributed by atoms with Crippen molar-refractivity contribution in [3.63, 3.8) is 0 Å². The summed E-state index contributed by atoms with van der Waals surface area (Å²) in [5.41, 5.74) is 0.664. The number of aromatic nitrogens is 3. The second-order valence-corrected chi connectivity index (χ2v) is 4.00. The van der Waals surface area contributed by atoms with E-state index >= 15 is 0 Å². The van der Waals surface area contributed by atoms with E-state index in [-0.39, 0.29) is 12.1 Å². The Balaban J connectivity index is 1.82. The van der Waals surface area contributed by atoms with Gasteiger partial charge in [0.1, 0.15) is 17.5 Å². The molecule has 6 heteroatoms. The second-order valence-electron chi connectivity index (χ2n) is 4.00. The van der Waals surface area contributed by atoms with Crippen LogP contribution < -0.4 is 5.32 Å². The number of nitrogens with zero attached hydrogens (tertiary/aromatic N) is 3. The number of benzene rings is 1. The summed E-state index contributed by atoms with van der Waals surface area (Å²) >= 11 is 0. The van der Waals surface area contributed by atoms with E-state index in [2.05, 4.69) is 15.4 Å². The minimum absolute atomic E-state index is 0.00215. The van der Waals surface area contributed by atoms with Crippen LogP contribution in [0.1, 0.15) is 5.56 Å². The average molecular weight is 260 g/mol. The molecule has 0 unspecified atom stereocenters. The van der Waals surface area contributed by atoms with Gasteiger partial charge in [-0.25, -0.2) is 18.3 Å². The lowest BCUT2D eigenvalue weighted by Crippen LogP contribution is -2.06. The zero-order valence-corrected chi connectivity index (χ0v) is 9.85. The van der Waals surface area contributed by atoms with Crippen LogP contribution in [0, 0.1) is 11.6 Å². The number of fused-ring (bicyclic) bond motifs is 1. The molecule has 0 amide bonds. The zero-order valence-electron chi connectivity index (χ0n) is 9.85. The minimum atomic E-state index is -0.571. The van der Waals surface area contributed by atoms with Crippen molar-refractivity contribution in [3.8, 4) is 0 Å². The third-order valence-electron chi connectivity index (χ3n) is 2.77. The molecule has 0 spiro atoms. The van der Waals surface area contributed by atoms with Crippen molar-refractivity contribution in [3.05, 3.63) is 59.9 Å². The molecule has 19 heavy (non-hydrogen) atoms. The van der Waals surface area contributed by atoms with Crippen LogP contribution in [0.2, 0.25) is 0 Å². The van der Waals surface area contributed by atoms with Gasteiger partial charge in [-0.3, -0.25) is 0 Å². The van der Waals surface area contributed by atoms with Crippen molar-refractivity contribution >= 4 is 11.5 Å². The Kier molecular flexibility index (Phi) is 2.83. The molecule has 0 aliphatic heterocycles. The highest BCUT2D eigenvalue weighted by Crippen LogP contribution is 2.14. The number of nitrogens with one attached hydrogen (secondary N) is 1.